The van der Waals surface area contributed by atoms with Crippen molar-refractivity contribution in [1.82, 2.24) is 14.8 Å². The molecule has 1 aromatic rings. The number of rotatable bonds is 3. The highest BCUT2D eigenvalue weighted by atomic mass is 16.1. The molecule has 0 N–H and O–H groups in total. The van der Waals surface area contributed by atoms with Crippen molar-refractivity contribution in [2.24, 2.45) is 12.5 Å². The Balaban J connectivity index is 2.93. The second kappa shape index (κ2) is 3.58. The van der Waals surface area contributed by atoms with Crippen LogP contribution in [0.2, 0.25) is 0 Å². The number of hydrogen-bond donors (Lipinski definition) is 0. The minimum absolute atomic E-state index is 0.150. The third-order valence-electron chi connectivity index (χ3n) is 2.34. The quantitative estimate of drug-likeness (QED) is 0.698. The van der Waals surface area contributed by atoms with E-state index in [1.54, 1.807) is 18.7 Å². The normalized spacial score (nSPS) is 14.4. The van der Waals surface area contributed by atoms with Crippen LogP contribution in [-0.2, 0) is 18.3 Å². The molecule has 1 atom stereocenters. The Hall–Kier alpha value is -1.70. The van der Waals surface area contributed by atoms with Crippen LogP contribution < -0.4 is 0 Å². The number of nitrogens with zero attached hydrogens (tertiary/aromatic N) is 4. The van der Waals surface area contributed by atoms with Crippen molar-refractivity contribution in [3.63, 3.8) is 0 Å². The first kappa shape index (κ1) is 10.4. The van der Waals surface area contributed by atoms with Gasteiger partial charge >= 0.3 is 0 Å². The zero-order chi connectivity index (χ0) is 10.8. The van der Waals surface area contributed by atoms with Crippen molar-refractivity contribution in [3.8, 4) is 6.07 Å². The monoisotopic (exact) mass is 192 g/mol. The molecule has 1 aromatic heterocycles. The molecule has 0 saturated heterocycles. The number of hydrogen-bond acceptors (Lipinski definition) is 4. The summed E-state index contributed by atoms with van der Waals surface area (Å²) in [5, 5.41) is 12.8. The van der Waals surface area contributed by atoms with Gasteiger partial charge in [-0.3, -0.25) is 9.48 Å². The summed E-state index contributed by atoms with van der Waals surface area (Å²) in [6.45, 7) is 3.03. The average molecular weight is 192 g/mol. The van der Waals surface area contributed by atoms with Crippen LogP contribution in [0.3, 0.4) is 0 Å². The number of nitriles is 1. The summed E-state index contributed by atoms with van der Waals surface area (Å²) in [5.41, 5.74) is -0.999. The summed E-state index contributed by atoms with van der Waals surface area (Å²) >= 11 is 0. The molecule has 1 rings (SSSR count). The van der Waals surface area contributed by atoms with Crippen LogP contribution in [-0.4, -0.2) is 20.5 Å². The summed E-state index contributed by atoms with van der Waals surface area (Å²) in [7, 11) is 1.74. The molecule has 0 aliphatic heterocycles. The Morgan fingerprint density at radius 1 is 1.79 bits per heavy atom. The molecule has 74 valence electrons. The summed E-state index contributed by atoms with van der Waals surface area (Å²) < 4.78 is 1.57. The lowest BCUT2D eigenvalue weighted by atomic mass is 9.84. The lowest BCUT2D eigenvalue weighted by Crippen LogP contribution is -2.27. The van der Waals surface area contributed by atoms with E-state index in [0.29, 0.717) is 12.2 Å². The number of Topliss-reactive ketones (excluding diaryl/α,β-unsaturated/α-hetero) is 1. The Kier molecular flexibility index (Phi) is 2.65. The third-order valence-corrected chi connectivity index (χ3v) is 2.34. The minimum atomic E-state index is -0.999. The van der Waals surface area contributed by atoms with E-state index in [4.69, 9.17) is 5.26 Å². The Bertz CT molecular complexity index is 390. The molecular weight excluding hydrogens is 180 g/mol. The van der Waals surface area contributed by atoms with E-state index in [-0.39, 0.29) is 5.78 Å². The van der Waals surface area contributed by atoms with Gasteiger partial charge in [-0.25, -0.2) is 4.98 Å². The average Bonchev–Trinajstić information content (AvgIpc) is 2.51. The first-order chi connectivity index (χ1) is 6.49. The molecule has 5 nitrogen and oxygen atoms in total. The molecule has 0 amide bonds. The van der Waals surface area contributed by atoms with Crippen molar-refractivity contribution in [1.29, 1.82) is 5.26 Å². The van der Waals surface area contributed by atoms with Crippen molar-refractivity contribution in [2.45, 2.75) is 20.3 Å². The van der Waals surface area contributed by atoms with E-state index in [0.717, 1.165) is 0 Å². The molecule has 0 spiro atoms. The van der Waals surface area contributed by atoms with Crippen molar-refractivity contribution in [2.75, 3.05) is 0 Å². The van der Waals surface area contributed by atoms with Crippen LogP contribution in [0, 0.1) is 16.7 Å². The molecule has 5 heteroatoms. The highest BCUT2D eigenvalue weighted by molar-refractivity contribution is 5.84. The van der Waals surface area contributed by atoms with Gasteiger partial charge in [0.15, 0.2) is 0 Å². The summed E-state index contributed by atoms with van der Waals surface area (Å²) in [6.07, 6.45) is 1.71. The third kappa shape index (κ3) is 1.79. The van der Waals surface area contributed by atoms with Gasteiger partial charge in [0.1, 0.15) is 23.3 Å². The molecule has 1 unspecified atom stereocenters. The second-order valence-corrected chi connectivity index (χ2v) is 3.48. The number of carbonyl (C=O) groups excluding carboxylic acids is 1. The van der Waals surface area contributed by atoms with E-state index in [1.165, 1.54) is 13.3 Å². The van der Waals surface area contributed by atoms with E-state index < -0.39 is 5.41 Å². The van der Waals surface area contributed by atoms with Crippen molar-refractivity contribution in [3.05, 3.63) is 12.2 Å². The fourth-order valence-electron chi connectivity index (χ4n) is 1.04. The lowest BCUT2D eigenvalue weighted by Gasteiger charge is -2.16. The molecular formula is C9H12N4O. The SMILES string of the molecule is CC(=O)C(C)(C#N)Cc1ncnn1C. The number of ketones is 1. The zero-order valence-corrected chi connectivity index (χ0v) is 8.48. The molecule has 0 aliphatic rings. The first-order valence-electron chi connectivity index (χ1n) is 4.25. The van der Waals surface area contributed by atoms with Gasteiger partial charge in [0.25, 0.3) is 0 Å². The molecule has 0 aliphatic carbocycles. The van der Waals surface area contributed by atoms with Gasteiger partial charge in [0.2, 0.25) is 0 Å². The van der Waals surface area contributed by atoms with Crippen molar-refractivity contribution >= 4 is 5.78 Å². The summed E-state index contributed by atoms with van der Waals surface area (Å²) in [6, 6.07) is 2.01. The van der Waals surface area contributed by atoms with Crippen LogP contribution in [0.4, 0.5) is 0 Å². The molecule has 0 fully saturated rings. The Morgan fingerprint density at radius 2 is 2.43 bits per heavy atom. The Labute approximate surface area is 82.4 Å². The molecule has 0 saturated carbocycles. The van der Waals surface area contributed by atoms with E-state index in [9.17, 15) is 4.79 Å². The maximum absolute atomic E-state index is 11.3. The Morgan fingerprint density at radius 3 is 2.79 bits per heavy atom. The fraction of sp³-hybridized carbons (Fsp3) is 0.556. The van der Waals surface area contributed by atoms with E-state index in [1.807, 2.05) is 6.07 Å². The number of aryl methyl sites for hydroxylation is 1. The van der Waals surface area contributed by atoms with Crippen LogP contribution in [0.15, 0.2) is 6.33 Å². The highest BCUT2D eigenvalue weighted by Crippen LogP contribution is 2.21. The molecule has 14 heavy (non-hydrogen) atoms. The van der Waals surface area contributed by atoms with Crippen LogP contribution in [0.1, 0.15) is 19.7 Å². The minimum Gasteiger partial charge on any atom is -0.298 e. The summed E-state index contributed by atoms with van der Waals surface area (Å²) in [5.74, 6) is 0.493. The number of aromatic nitrogens is 3. The van der Waals surface area contributed by atoms with Gasteiger partial charge in [-0.1, -0.05) is 0 Å². The van der Waals surface area contributed by atoms with Gasteiger partial charge in [0.05, 0.1) is 6.07 Å². The topological polar surface area (TPSA) is 71.6 Å². The lowest BCUT2D eigenvalue weighted by molar-refractivity contribution is -0.123. The highest BCUT2D eigenvalue weighted by Gasteiger charge is 2.31. The van der Waals surface area contributed by atoms with Crippen molar-refractivity contribution < 1.29 is 4.79 Å². The zero-order valence-electron chi connectivity index (χ0n) is 8.48. The predicted molar refractivity (Wildman–Crippen MR) is 49.1 cm³/mol. The van der Waals surface area contributed by atoms with Gasteiger partial charge in [-0.2, -0.15) is 10.4 Å². The maximum atomic E-state index is 11.3. The molecule has 0 radical (unpaired) electrons. The molecule has 1 heterocycles. The van der Waals surface area contributed by atoms with Crippen LogP contribution >= 0.6 is 0 Å². The van der Waals surface area contributed by atoms with Crippen LogP contribution in [0.25, 0.3) is 0 Å². The maximum Gasteiger partial charge on any atom is 0.150 e. The van der Waals surface area contributed by atoms with Gasteiger partial charge in [-0.15, -0.1) is 0 Å². The fourth-order valence-corrected chi connectivity index (χ4v) is 1.04. The van der Waals surface area contributed by atoms with Gasteiger partial charge in [-0.05, 0) is 13.8 Å². The van der Waals surface area contributed by atoms with Gasteiger partial charge < -0.3 is 0 Å². The van der Waals surface area contributed by atoms with Crippen LogP contribution in [0.5, 0.6) is 0 Å². The smallest absolute Gasteiger partial charge is 0.150 e. The predicted octanol–water partition coefficient (Wildman–Crippen LogP) is 0.476. The molecule has 0 aromatic carbocycles. The summed E-state index contributed by atoms with van der Waals surface area (Å²) in [4.78, 5) is 15.2. The largest absolute Gasteiger partial charge is 0.298 e. The van der Waals surface area contributed by atoms with E-state index in [2.05, 4.69) is 10.1 Å². The van der Waals surface area contributed by atoms with E-state index >= 15 is 0 Å². The number of carbonyl (C=O) groups is 1. The molecule has 0 bridgehead atoms. The van der Waals surface area contributed by atoms with Gasteiger partial charge in [0, 0.05) is 13.5 Å². The second-order valence-electron chi connectivity index (χ2n) is 3.48. The first-order valence-corrected chi connectivity index (χ1v) is 4.25. The standard InChI is InChI=1S/C9H12N4O/c1-7(14)9(2,5-10)4-8-11-6-12-13(8)3/h6H,4H2,1-3H3.